The third kappa shape index (κ3) is 3.17. The highest BCUT2D eigenvalue weighted by atomic mass is 19.1. The highest BCUT2D eigenvalue weighted by Crippen LogP contribution is 2.11. The Morgan fingerprint density at radius 2 is 2.15 bits per heavy atom. The van der Waals surface area contributed by atoms with Gasteiger partial charge in [0.25, 0.3) is 5.91 Å². The van der Waals surface area contributed by atoms with Gasteiger partial charge in [0.1, 0.15) is 11.5 Å². The molecule has 0 aliphatic carbocycles. The van der Waals surface area contributed by atoms with Crippen molar-refractivity contribution in [2.75, 3.05) is 12.3 Å². The predicted molar refractivity (Wildman–Crippen MR) is 77.0 cm³/mol. The first-order valence-electron chi connectivity index (χ1n) is 6.59. The van der Waals surface area contributed by atoms with Gasteiger partial charge in [-0.3, -0.25) is 4.79 Å². The lowest BCUT2D eigenvalue weighted by Crippen LogP contribution is -2.27. The molecule has 2 aromatic rings. The molecule has 0 aliphatic heterocycles. The van der Waals surface area contributed by atoms with Crippen molar-refractivity contribution in [2.45, 2.75) is 19.9 Å². The van der Waals surface area contributed by atoms with Crippen LogP contribution in [-0.2, 0) is 13.0 Å². The fourth-order valence-electron chi connectivity index (χ4n) is 2.09. The molecule has 0 atom stereocenters. The van der Waals surface area contributed by atoms with E-state index in [1.165, 1.54) is 6.07 Å². The molecule has 5 heteroatoms. The molecule has 20 heavy (non-hydrogen) atoms. The average Bonchev–Trinajstić information content (AvgIpc) is 2.82. The zero-order valence-corrected chi connectivity index (χ0v) is 11.4. The summed E-state index contributed by atoms with van der Waals surface area (Å²) in [5.41, 5.74) is 7.37. The molecule has 106 valence electrons. The number of nitrogens with one attached hydrogen (secondary N) is 1. The van der Waals surface area contributed by atoms with Gasteiger partial charge in [0.05, 0.1) is 5.69 Å². The number of nitrogens with zero attached hydrogens (tertiary/aromatic N) is 1. The maximum Gasteiger partial charge on any atom is 0.267 e. The quantitative estimate of drug-likeness (QED) is 0.879. The highest BCUT2D eigenvalue weighted by Gasteiger charge is 2.11. The van der Waals surface area contributed by atoms with Gasteiger partial charge in [-0.2, -0.15) is 0 Å². The molecule has 1 aromatic heterocycles. The zero-order valence-electron chi connectivity index (χ0n) is 11.4. The lowest BCUT2D eigenvalue weighted by atomic mass is 10.1. The van der Waals surface area contributed by atoms with E-state index in [1.54, 1.807) is 35.0 Å². The number of rotatable bonds is 5. The monoisotopic (exact) mass is 275 g/mol. The maximum atomic E-state index is 13.4. The summed E-state index contributed by atoms with van der Waals surface area (Å²) in [7, 11) is 0. The summed E-state index contributed by atoms with van der Waals surface area (Å²) in [6, 6.07) is 8.20. The minimum Gasteiger partial charge on any atom is -0.397 e. The van der Waals surface area contributed by atoms with Crippen molar-refractivity contribution in [3.63, 3.8) is 0 Å². The second kappa shape index (κ2) is 6.23. The van der Waals surface area contributed by atoms with Crippen LogP contribution in [0.25, 0.3) is 0 Å². The summed E-state index contributed by atoms with van der Waals surface area (Å²) >= 11 is 0. The van der Waals surface area contributed by atoms with Crippen LogP contribution in [0, 0.1) is 5.82 Å². The number of amides is 1. The van der Waals surface area contributed by atoms with E-state index in [1.807, 2.05) is 6.92 Å². The van der Waals surface area contributed by atoms with Crippen molar-refractivity contribution >= 4 is 11.6 Å². The van der Waals surface area contributed by atoms with Crippen molar-refractivity contribution in [3.05, 3.63) is 53.6 Å². The molecule has 3 N–H and O–H groups in total. The predicted octanol–water partition coefficient (Wildman–Crippen LogP) is 2.20. The van der Waals surface area contributed by atoms with Gasteiger partial charge < -0.3 is 15.6 Å². The zero-order chi connectivity index (χ0) is 14.5. The first-order valence-corrected chi connectivity index (χ1v) is 6.59. The number of carbonyl (C=O) groups is 1. The molecular formula is C15H18FN3O. The maximum absolute atomic E-state index is 13.4. The largest absolute Gasteiger partial charge is 0.397 e. The van der Waals surface area contributed by atoms with Crippen LogP contribution < -0.4 is 11.1 Å². The third-order valence-electron chi connectivity index (χ3n) is 3.13. The fourth-order valence-corrected chi connectivity index (χ4v) is 2.09. The summed E-state index contributed by atoms with van der Waals surface area (Å²) in [5.74, 6) is -0.442. The van der Waals surface area contributed by atoms with Crippen molar-refractivity contribution in [1.82, 2.24) is 9.88 Å². The lowest BCUT2D eigenvalue weighted by Gasteiger charge is -2.08. The normalized spacial score (nSPS) is 10.5. The number of anilines is 1. The summed E-state index contributed by atoms with van der Waals surface area (Å²) in [6.45, 7) is 3.00. The van der Waals surface area contributed by atoms with Gasteiger partial charge in [0.2, 0.25) is 0 Å². The third-order valence-corrected chi connectivity index (χ3v) is 3.13. The summed E-state index contributed by atoms with van der Waals surface area (Å²) in [4.78, 5) is 12.0. The van der Waals surface area contributed by atoms with Gasteiger partial charge in [0.15, 0.2) is 0 Å². The Balaban J connectivity index is 1.94. The van der Waals surface area contributed by atoms with E-state index in [2.05, 4.69) is 5.32 Å². The standard InChI is InChI=1S/C15H18FN3O/c1-2-19-10-12(17)9-14(19)15(20)18-8-7-11-5-3-4-6-13(11)16/h3-6,9-10H,2,7-8,17H2,1H3,(H,18,20). The van der Waals surface area contributed by atoms with Gasteiger partial charge >= 0.3 is 0 Å². The van der Waals surface area contributed by atoms with Crippen LogP contribution >= 0.6 is 0 Å². The molecule has 4 nitrogen and oxygen atoms in total. The first-order chi connectivity index (χ1) is 9.61. The Hall–Kier alpha value is -2.30. The molecule has 0 bridgehead atoms. The number of aryl methyl sites for hydroxylation is 1. The van der Waals surface area contributed by atoms with E-state index in [4.69, 9.17) is 5.73 Å². The Morgan fingerprint density at radius 3 is 2.85 bits per heavy atom. The minimum atomic E-state index is -0.247. The Kier molecular flexibility index (Phi) is 4.40. The van der Waals surface area contributed by atoms with Crippen LogP contribution in [0.4, 0.5) is 10.1 Å². The molecule has 0 saturated heterocycles. The molecule has 0 saturated carbocycles. The summed E-state index contributed by atoms with van der Waals surface area (Å²) in [6.07, 6.45) is 2.19. The number of halogens is 1. The molecule has 1 heterocycles. The topological polar surface area (TPSA) is 60.0 Å². The number of hydrogen-bond donors (Lipinski definition) is 2. The van der Waals surface area contributed by atoms with E-state index < -0.39 is 0 Å². The number of nitrogens with two attached hydrogens (primary N) is 1. The van der Waals surface area contributed by atoms with Crippen LogP contribution in [0.5, 0.6) is 0 Å². The van der Waals surface area contributed by atoms with Crippen molar-refractivity contribution in [1.29, 1.82) is 0 Å². The van der Waals surface area contributed by atoms with Gasteiger partial charge in [-0.15, -0.1) is 0 Å². The molecule has 0 fully saturated rings. The second-order valence-corrected chi connectivity index (χ2v) is 4.54. The van der Waals surface area contributed by atoms with Crippen molar-refractivity contribution < 1.29 is 9.18 Å². The van der Waals surface area contributed by atoms with Crippen LogP contribution in [0.3, 0.4) is 0 Å². The number of aromatic nitrogens is 1. The second-order valence-electron chi connectivity index (χ2n) is 4.54. The molecule has 2 rings (SSSR count). The van der Waals surface area contributed by atoms with E-state index in [0.29, 0.717) is 36.5 Å². The smallest absolute Gasteiger partial charge is 0.267 e. The van der Waals surface area contributed by atoms with Crippen LogP contribution in [0.15, 0.2) is 36.5 Å². The molecule has 0 unspecified atom stereocenters. The molecule has 0 spiro atoms. The molecule has 0 radical (unpaired) electrons. The number of benzene rings is 1. The number of nitrogen functional groups attached to an aromatic ring is 1. The number of hydrogen-bond acceptors (Lipinski definition) is 2. The van der Waals surface area contributed by atoms with Crippen molar-refractivity contribution in [3.8, 4) is 0 Å². The van der Waals surface area contributed by atoms with Gasteiger partial charge in [-0.1, -0.05) is 18.2 Å². The average molecular weight is 275 g/mol. The molecule has 1 aromatic carbocycles. The minimum absolute atomic E-state index is 0.195. The lowest BCUT2D eigenvalue weighted by molar-refractivity contribution is 0.0945. The van der Waals surface area contributed by atoms with Gasteiger partial charge in [-0.25, -0.2) is 4.39 Å². The van der Waals surface area contributed by atoms with E-state index in [9.17, 15) is 9.18 Å². The SMILES string of the molecule is CCn1cc(N)cc1C(=O)NCCc1ccccc1F. The Morgan fingerprint density at radius 1 is 1.40 bits per heavy atom. The first kappa shape index (κ1) is 14.1. The highest BCUT2D eigenvalue weighted by molar-refractivity contribution is 5.93. The van der Waals surface area contributed by atoms with E-state index in [0.717, 1.165) is 0 Å². The molecular weight excluding hydrogens is 257 g/mol. The van der Waals surface area contributed by atoms with E-state index in [-0.39, 0.29) is 11.7 Å². The molecule has 1 amide bonds. The van der Waals surface area contributed by atoms with Crippen molar-refractivity contribution in [2.24, 2.45) is 0 Å². The Bertz CT molecular complexity index is 607. The van der Waals surface area contributed by atoms with E-state index >= 15 is 0 Å². The van der Waals surface area contributed by atoms with Gasteiger partial charge in [0, 0.05) is 19.3 Å². The fraction of sp³-hybridized carbons (Fsp3) is 0.267. The summed E-state index contributed by atoms with van der Waals surface area (Å²) < 4.78 is 15.2. The summed E-state index contributed by atoms with van der Waals surface area (Å²) in [5, 5.41) is 2.78. The van der Waals surface area contributed by atoms with Crippen LogP contribution in [0.1, 0.15) is 23.0 Å². The number of carbonyl (C=O) groups excluding carboxylic acids is 1. The Labute approximate surface area is 117 Å². The van der Waals surface area contributed by atoms with Crippen LogP contribution in [-0.4, -0.2) is 17.0 Å². The van der Waals surface area contributed by atoms with Crippen LogP contribution in [0.2, 0.25) is 0 Å². The molecule has 0 aliphatic rings. The van der Waals surface area contributed by atoms with Gasteiger partial charge in [-0.05, 0) is 31.0 Å².